The topological polar surface area (TPSA) is 50.6 Å². The van der Waals surface area contributed by atoms with Gasteiger partial charge in [0.2, 0.25) is 0 Å². The van der Waals surface area contributed by atoms with Crippen LogP contribution in [0.5, 0.6) is 0 Å². The van der Waals surface area contributed by atoms with Crippen LogP contribution < -0.4 is 10.6 Å². The van der Waals surface area contributed by atoms with Crippen molar-refractivity contribution in [1.29, 1.82) is 0 Å². The zero-order chi connectivity index (χ0) is 15.7. The molecule has 5 nitrogen and oxygen atoms in total. The van der Waals surface area contributed by atoms with E-state index in [1.165, 1.54) is 18.5 Å². The van der Waals surface area contributed by atoms with Crippen molar-refractivity contribution in [3.63, 3.8) is 0 Å². The smallest absolute Gasteiger partial charge is 0.191 e. The lowest BCUT2D eigenvalue weighted by Crippen LogP contribution is -2.71. The summed E-state index contributed by atoms with van der Waals surface area (Å²) in [7, 11) is 3.90. The Kier molecular flexibility index (Phi) is 4.17. The predicted molar refractivity (Wildman–Crippen MR) is 88.8 cm³/mol. The number of aliphatic imine (C=N–C) groups is 1. The van der Waals surface area contributed by atoms with Gasteiger partial charge in [0.15, 0.2) is 5.96 Å². The number of hydrogen-bond donors (Lipinski definition) is 2. The van der Waals surface area contributed by atoms with Crippen molar-refractivity contribution in [3.8, 4) is 0 Å². The quantitative estimate of drug-likeness (QED) is 0.662. The number of aromatic nitrogens is 1. The third kappa shape index (κ3) is 2.62. The first-order valence-corrected chi connectivity index (χ1v) is 8.23. The van der Waals surface area contributed by atoms with Crippen LogP contribution in [0.15, 0.2) is 23.3 Å². The third-order valence-electron chi connectivity index (χ3n) is 5.34. The van der Waals surface area contributed by atoms with E-state index >= 15 is 0 Å². The van der Waals surface area contributed by atoms with Gasteiger partial charge in [-0.15, -0.1) is 0 Å². The Morgan fingerprint density at radius 2 is 2.32 bits per heavy atom. The summed E-state index contributed by atoms with van der Waals surface area (Å²) in [6.45, 7) is 6.28. The van der Waals surface area contributed by atoms with Crippen molar-refractivity contribution in [2.24, 2.45) is 23.4 Å². The summed E-state index contributed by atoms with van der Waals surface area (Å²) in [6, 6.07) is 4.61. The van der Waals surface area contributed by atoms with Crippen molar-refractivity contribution in [2.75, 3.05) is 13.7 Å². The van der Waals surface area contributed by atoms with Crippen LogP contribution >= 0.6 is 0 Å². The maximum atomic E-state index is 5.97. The average molecular weight is 304 g/mol. The van der Waals surface area contributed by atoms with E-state index in [0.29, 0.717) is 18.1 Å². The number of nitrogens with one attached hydrogen (secondary N) is 2. The lowest BCUT2D eigenvalue weighted by atomic mass is 9.55. The van der Waals surface area contributed by atoms with E-state index in [9.17, 15) is 0 Å². The average Bonchev–Trinajstić information content (AvgIpc) is 2.92. The Balaban J connectivity index is 1.60. The second-order valence-electron chi connectivity index (χ2n) is 7.08. The molecule has 1 saturated carbocycles. The Bertz CT molecular complexity index is 549. The van der Waals surface area contributed by atoms with Crippen molar-refractivity contribution in [2.45, 2.75) is 45.4 Å². The molecule has 2 heterocycles. The fourth-order valence-electron chi connectivity index (χ4n) is 4.01. The van der Waals surface area contributed by atoms with Gasteiger partial charge in [0.1, 0.15) is 0 Å². The lowest BCUT2D eigenvalue weighted by molar-refractivity contribution is -0.188. The molecule has 3 rings (SSSR count). The Labute approximate surface area is 133 Å². The second kappa shape index (κ2) is 5.95. The SMILES string of the molecule is CN=C(NCc1cccn1C)NC1C2CCCOC2C1(C)C. The highest BCUT2D eigenvalue weighted by Crippen LogP contribution is 2.51. The number of rotatable bonds is 3. The summed E-state index contributed by atoms with van der Waals surface area (Å²) in [6.07, 6.45) is 4.88. The first kappa shape index (κ1) is 15.4. The summed E-state index contributed by atoms with van der Waals surface area (Å²) in [5, 5.41) is 7.05. The van der Waals surface area contributed by atoms with E-state index < -0.39 is 0 Å². The molecule has 1 saturated heterocycles. The van der Waals surface area contributed by atoms with Gasteiger partial charge >= 0.3 is 0 Å². The van der Waals surface area contributed by atoms with E-state index in [4.69, 9.17) is 4.74 Å². The van der Waals surface area contributed by atoms with Gasteiger partial charge in [0, 0.05) is 50.0 Å². The molecule has 1 aromatic heterocycles. The summed E-state index contributed by atoms with van der Waals surface area (Å²) in [5.41, 5.74) is 1.41. The largest absolute Gasteiger partial charge is 0.377 e. The molecule has 1 aliphatic carbocycles. The Morgan fingerprint density at radius 3 is 3.00 bits per heavy atom. The molecule has 0 spiro atoms. The van der Waals surface area contributed by atoms with E-state index in [0.717, 1.165) is 19.1 Å². The van der Waals surface area contributed by atoms with E-state index in [1.54, 1.807) is 0 Å². The maximum absolute atomic E-state index is 5.97. The summed E-state index contributed by atoms with van der Waals surface area (Å²) < 4.78 is 8.09. The molecule has 122 valence electrons. The van der Waals surface area contributed by atoms with Crippen LogP contribution in [-0.2, 0) is 18.3 Å². The highest BCUT2D eigenvalue weighted by atomic mass is 16.5. The molecule has 0 amide bonds. The molecule has 2 N–H and O–H groups in total. The Morgan fingerprint density at radius 1 is 1.50 bits per heavy atom. The molecule has 0 aromatic carbocycles. The zero-order valence-electron chi connectivity index (χ0n) is 14.1. The van der Waals surface area contributed by atoms with Crippen molar-refractivity contribution >= 4 is 5.96 Å². The minimum absolute atomic E-state index is 0.160. The molecule has 5 heteroatoms. The molecule has 1 aliphatic heterocycles. The molecule has 0 bridgehead atoms. The molecule has 22 heavy (non-hydrogen) atoms. The maximum Gasteiger partial charge on any atom is 0.191 e. The van der Waals surface area contributed by atoms with Crippen LogP contribution in [0.1, 0.15) is 32.4 Å². The summed E-state index contributed by atoms with van der Waals surface area (Å²) >= 11 is 0. The summed E-state index contributed by atoms with van der Waals surface area (Å²) in [4.78, 5) is 4.39. The van der Waals surface area contributed by atoms with Crippen LogP contribution in [-0.4, -0.2) is 36.3 Å². The highest BCUT2D eigenvalue weighted by Gasteiger charge is 2.58. The van der Waals surface area contributed by atoms with E-state index in [2.05, 4.69) is 59.4 Å². The molecule has 2 fully saturated rings. The molecule has 0 radical (unpaired) electrons. The van der Waals surface area contributed by atoms with Gasteiger partial charge in [-0.2, -0.15) is 0 Å². The van der Waals surface area contributed by atoms with Gasteiger partial charge in [-0.25, -0.2) is 0 Å². The molecular weight excluding hydrogens is 276 g/mol. The van der Waals surface area contributed by atoms with Gasteiger partial charge in [-0.05, 0) is 25.0 Å². The first-order valence-electron chi connectivity index (χ1n) is 8.23. The minimum atomic E-state index is 0.160. The monoisotopic (exact) mass is 304 g/mol. The standard InChI is InChI=1S/C17H28N4O/c1-17(2)14(13-8-6-10-22-15(13)17)20-16(18-3)19-11-12-7-5-9-21(12)4/h5,7,9,13-15H,6,8,10-11H2,1-4H3,(H2,18,19,20). The second-order valence-corrected chi connectivity index (χ2v) is 7.08. The minimum Gasteiger partial charge on any atom is -0.377 e. The van der Waals surface area contributed by atoms with Gasteiger partial charge in [-0.3, -0.25) is 4.99 Å². The van der Waals surface area contributed by atoms with E-state index in [-0.39, 0.29) is 5.41 Å². The van der Waals surface area contributed by atoms with Crippen LogP contribution in [0, 0.1) is 11.3 Å². The van der Waals surface area contributed by atoms with Crippen LogP contribution in [0.3, 0.4) is 0 Å². The first-order chi connectivity index (χ1) is 10.5. The molecular formula is C17H28N4O. The highest BCUT2D eigenvalue weighted by molar-refractivity contribution is 5.80. The lowest BCUT2D eigenvalue weighted by Gasteiger charge is -2.60. The van der Waals surface area contributed by atoms with Crippen molar-refractivity contribution in [3.05, 3.63) is 24.0 Å². The molecule has 2 aliphatic rings. The third-order valence-corrected chi connectivity index (χ3v) is 5.34. The van der Waals surface area contributed by atoms with Gasteiger partial charge in [-0.1, -0.05) is 13.8 Å². The van der Waals surface area contributed by atoms with Gasteiger partial charge in [0.05, 0.1) is 12.6 Å². The number of aryl methyl sites for hydroxylation is 1. The van der Waals surface area contributed by atoms with Gasteiger partial charge in [0.25, 0.3) is 0 Å². The van der Waals surface area contributed by atoms with Gasteiger partial charge < -0.3 is 19.9 Å². The number of hydrogen-bond acceptors (Lipinski definition) is 2. The normalized spacial score (nSPS) is 30.4. The van der Waals surface area contributed by atoms with Crippen molar-refractivity contribution in [1.82, 2.24) is 15.2 Å². The summed E-state index contributed by atoms with van der Waals surface area (Å²) in [5.74, 6) is 1.49. The van der Waals surface area contributed by atoms with E-state index in [1.807, 2.05) is 7.05 Å². The van der Waals surface area contributed by atoms with Crippen LogP contribution in [0.2, 0.25) is 0 Å². The van der Waals surface area contributed by atoms with Crippen LogP contribution in [0.25, 0.3) is 0 Å². The van der Waals surface area contributed by atoms with Crippen molar-refractivity contribution < 1.29 is 4.74 Å². The fraction of sp³-hybridized carbons (Fsp3) is 0.706. The number of guanidine groups is 1. The molecule has 3 atom stereocenters. The Hall–Kier alpha value is -1.49. The molecule has 3 unspecified atom stereocenters. The number of fused-ring (bicyclic) bond motifs is 1. The number of ether oxygens (including phenoxy) is 1. The zero-order valence-corrected chi connectivity index (χ0v) is 14.1. The number of nitrogens with zero attached hydrogens (tertiary/aromatic N) is 2. The molecule has 1 aromatic rings. The fourth-order valence-corrected chi connectivity index (χ4v) is 4.01. The predicted octanol–water partition coefficient (Wildman–Crippen LogP) is 1.89. The van der Waals surface area contributed by atoms with Crippen LogP contribution in [0.4, 0.5) is 0 Å².